The highest BCUT2D eigenvalue weighted by Gasteiger charge is 2.21. The molecular formula is C14H20N2O. The summed E-state index contributed by atoms with van der Waals surface area (Å²) < 4.78 is 0. The number of rotatable bonds is 3. The third-order valence-corrected chi connectivity index (χ3v) is 3.64. The van der Waals surface area contributed by atoms with E-state index < -0.39 is 0 Å². The number of nitrogens with two attached hydrogens (primary N) is 1. The van der Waals surface area contributed by atoms with E-state index in [-0.39, 0.29) is 5.78 Å². The van der Waals surface area contributed by atoms with E-state index in [0.717, 1.165) is 24.7 Å². The van der Waals surface area contributed by atoms with E-state index in [2.05, 4.69) is 11.8 Å². The molecule has 0 spiro atoms. The molecule has 1 fully saturated rings. The van der Waals surface area contributed by atoms with Gasteiger partial charge in [0.15, 0.2) is 5.78 Å². The van der Waals surface area contributed by atoms with E-state index in [1.807, 2.05) is 18.2 Å². The first kappa shape index (κ1) is 12.0. The second-order valence-electron chi connectivity index (χ2n) is 4.84. The zero-order valence-corrected chi connectivity index (χ0v) is 10.6. The third-order valence-electron chi connectivity index (χ3n) is 3.64. The molecule has 2 N–H and O–H groups in total. The maximum absolute atomic E-state index is 11.5. The van der Waals surface area contributed by atoms with Gasteiger partial charge in [0.25, 0.3) is 0 Å². The van der Waals surface area contributed by atoms with Crippen LogP contribution in [0.4, 0.5) is 11.4 Å². The van der Waals surface area contributed by atoms with Crippen molar-refractivity contribution in [2.75, 3.05) is 23.7 Å². The number of Topliss-reactive ketones (excluding diaryl/α,β-unsaturated/α-hetero) is 1. The van der Waals surface area contributed by atoms with Crippen LogP contribution in [0.25, 0.3) is 0 Å². The van der Waals surface area contributed by atoms with Crippen LogP contribution in [0.3, 0.4) is 0 Å². The summed E-state index contributed by atoms with van der Waals surface area (Å²) in [5.74, 6) is 0.823. The van der Waals surface area contributed by atoms with Crippen molar-refractivity contribution in [3.05, 3.63) is 23.8 Å². The molecule has 1 unspecified atom stereocenters. The Balaban J connectivity index is 2.22. The molecule has 2 rings (SSSR count). The van der Waals surface area contributed by atoms with Crippen LogP contribution < -0.4 is 10.6 Å². The third kappa shape index (κ3) is 2.43. The molecule has 0 saturated carbocycles. The van der Waals surface area contributed by atoms with Gasteiger partial charge in [-0.25, -0.2) is 0 Å². The molecule has 1 aromatic rings. The molecule has 92 valence electrons. The monoisotopic (exact) mass is 232 g/mol. The molecule has 1 atom stereocenters. The molecule has 0 bridgehead atoms. The van der Waals surface area contributed by atoms with Crippen LogP contribution in [-0.4, -0.2) is 18.9 Å². The average Bonchev–Trinajstić information content (AvgIpc) is 2.78. The number of hydrogen-bond acceptors (Lipinski definition) is 3. The fourth-order valence-corrected chi connectivity index (χ4v) is 2.45. The lowest BCUT2D eigenvalue weighted by Gasteiger charge is -2.19. The highest BCUT2D eigenvalue weighted by atomic mass is 16.1. The summed E-state index contributed by atoms with van der Waals surface area (Å²) in [6.45, 7) is 5.98. The van der Waals surface area contributed by atoms with Crippen LogP contribution in [0.15, 0.2) is 18.2 Å². The minimum Gasteiger partial charge on any atom is -0.398 e. The highest BCUT2D eigenvalue weighted by molar-refractivity contribution is 6.00. The van der Waals surface area contributed by atoms with Crippen molar-refractivity contribution in [2.45, 2.75) is 26.7 Å². The van der Waals surface area contributed by atoms with Gasteiger partial charge in [0.2, 0.25) is 0 Å². The topological polar surface area (TPSA) is 46.3 Å². The SMILES string of the molecule is CCC1CCN(c2ccc(N)c(C(C)=O)c2)C1. The van der Waals surface area contributed by atoms with Gasteiger partial charge in [-0.15, -0.1) is 0 Å². The molecule has 1 aliphatic heterocycles. The first-order chi connectivity index (χ1) is 8.11. The van der Waals surface area contributed by atoms with Gasteiger partial charge in [-0.05, 0) is 37.5 Å². The Morgan fingerprint density at radius 3 is 2.88 bits per heavy atom. The van der Waals surface area contributed by atoms with Gasteiger partial charge in [-0.1, -0.05) is 13.3 Å². The van der Waals surface area contributed by atoms with E-state index in [4.69, 9.17) is 5.73 Å². The fourth-order valence-electron chi connectivity index (χ4n) is 2.45. The zero-order valence-electron chi connectivity index (χ0n) is 10.6. The first-order valence-electron chi connectivity index (χ1n) is 6.27. The van der Waals surface area contributed by atoms with E-state index >= 15 is 0 Å². The standard InChI is InChI=1S/C14H20N2O/c1-3-11-6-7-16(9-11)12-4-5-14(15)13(8-12)10(2)17/h4-5,8,11H,3,6-7,9,15H2,1-2H3. The Morgan fingerprint density at radius 1 is 1.53 bits per heavy atom. The molecule has 1 saturated heterocycles. The van der Waals surface area contributed by atoms with Crippen LogP contribution in [0.5, 0.6) is 0 Å². The second-order valence-corrected chi connectivity index (χ2v) is 4.84. The van der Waals surface area contributed by atoms with Crippen LogP contribution in [0, 0.1) is 5.92 Å². The van der Waals surface area contributed by atoms with E-state index in [9.17, 15) is 4.79 Å². The Labute approximate surface area is 103 Å². The van der Waals surface area contributed by atoms with Gasteiger partial charge in [-0.2, -0.15) is 0 Å². The van der Waals surface area contributed by atoms with Crippen molar-refractivity contribution in [2.24, 2.45) is 5.92 Å². The van der Waals surface area contributed by atoms with Crippen molar-refractivity contribution >= 4 is 17.2 Å². The van der Waals surface area contributed by atoms with Crippen molar-refractivity contribution in [1.82, 2.24) is 0 Å². The number of ketones is 1. The molecular weight excluding hydrogens is 212 g/mol. The van der Waals surface area contributed by atoms with E-state index in [0.29, 0.717) is 11.3 Å². The summed E-state index contributed by atoms with van der Waals surface area (Å²) in [6, 6.07) is 5.78. The Hall–Kier alpha value is -1.51. The summed E-state index contributed by atoms with van der Waals surface area (Å²) in [6.07, 6.45) is 2.47. The minimum atomic E-state index is 0.0376. The molecule has 17 heavy (non-hydrogen) atoms. The van der Waals surface area contributed by atoms with Crippen molar-refractivity contribution < 1.29 is 4.79 Å². The second kappa shape index (κ2) is 4.78. The minimum absolute atomic E-state index is 0.0376. The lowest BCUT2D eigenvalue weighted by Crippen LogP contribution is -2.20. The Morgan fingerprint density at radius 2 is 2.29 bits per heavy atom. The number of nitrogens with zero attached hydrogens (tertiary/aromatic N) is 1. The molecule has 0 aromatic heterocycles. The van der Waals surface area contributed by atoms with Crippen molar-refractivity contribution in [3.63, 3.8) is 0 Å². The molecule has 3 nitrogen and oxygen atoms in total. The van der Waals surface area contributed by atoms with Gasteiger partial charge in [-0.3, -0.25) is 4.79 Å². The number of carbonyl (C=O) groups excluding carboxylic acids is 1. The molecule has 1 heterocycles. The maximum atomic E-state index is 11.5. The molecule has 3 heteroatoms. The quantitative estimate of drug-likeness (QED) is 0.644. The summed E-state index contributed by atoms with van der Waals surface area (Å²) in [5.41, 5.74) is 8.15. The Kier molecular flexibility index (Phi) is 3.36. The van der Waals surface area contributed by atoms with Crippen LogP contribution in [-0.2, 0) is 0 Å². The lowest BCUT2D eigenvalue weighted by molar-refractivity contribution is 0.101. The number of nitrogen functional groups attached to an aromatic ring is 1. The van der Waals surface area contributed by atoms with E-state index in [1.54, 1.807) is 6.92 Å². The summed E-state index contributed by atoms with van der Waals surface area (Å²) >= 11 is 0. The predicted octanol–water partition coefficient (Wildman–Crippen LogP) is 2.71. The molecule has 0 amide bonds. The molecule has 1 aliphatic rings. The number of carbonyl (C=O) groups is 1. The number of benzene rings is 1. The van der Waals surface area contributed by atoms with Gasteiger partial charge >= 0.3 is 0 Å². The number of hydrogen-bond donors (Lipinski definition) is 1. The van der Waals surface area contributed by atoms with E-state index in [1.165, 1.54) is 12.8 Å². The largest absolute Gasteiger partial charge is 0.398 e. The summed E-state index contributed by atoms with van der Waals surface area (Å²) in [7, 11) is 0. The van der Waals surface area contributed by atoms with Crippen LogP contribution >= 0.6 is 0 Å². The Bertz CT molecular complexity index is 428. The highest BCUT2D eigenvalue weighted by Crippen LogP contribution is 2.28. The maximum Gasteiger partial charge on any atom is 0.161 e. The normalized spacial score (nSPS) is 19.6. The fraction of sp³-hybridized carbons (Fsp3) is 0.500. The van der Waals surface area contributed by atoms with Gasteiger partial charge in [0.1, 0.15) is 0 Å². The average molecular weight is 232 g/mol. The first-order valence-corrected chi connectivity index (χ1v) is 6.27. The van der Waals surface area contributed by atoms with Crippen molar-refractivity contribution in [3.8, 4) is 0 Å². The number of anilines is 2. The van der Waals surface area contributed by atoms with Gasteiger partial charge < -0.3 is 10.6 Å². The summed E-state index contributed by atoms with van der Waals surface area (Å²) in [4.78, 5) is 13.8. The van der Waals surface area contributed by atoms with Gasteiger partial charge in [0, 0.05) is 30.0 Å². The predicted molar refractivity (Wildman–Crippen MR) is 71.5 cm³/mol. The van der Waals surface area contributed by atoms with Crippen LogP contribution in [0.1, 0.15) is 37.0 Å². The molecule has 0 aliphatic carbocycles. The smallest absolute Gasteiger partial charge is 0.161 e. The zero-order chi connectivity index (χ0) is 12.4. The lowest BCUT2D eigenvalue weighted by atomic mass is 10.1. The summed E-state index contributed by atoms with van der Waals surface area (Å²) in [5, 5.41) is 0. The van der Waals surface area contributed by atoms with Gasteiger partial charge in [0.05, 0.1) is 0 Å². The molecule has 1 aromatic carbocycles. The van der Waals surface area contributed by atoms with Crippen molar-refractivity contribution in [1.29, 1.82) is 0 Å². The van der Waals surface area contributed by atoms with Crippen LogP contribution in [0.2, 0.25) is 0 Å². The molecule has 0 radical (unpaired) electrons.